The van der Waals surface area contributed by atoms with Crippen LogP contribution in [0.5, 0.6) is 0 Å². The summed E-state index contributed by atoms with van der Waals surface area (Å²) in [5.41, 5.74) is 0. The third-order valence-electron chi connectivity index (χ3n) is 4.18. The molecule has 0 saturated carbocycles. The van der Waals surface area contributed by atoms with Gasteiger partial charge in [0.05, 0.1) is 11.4 Å². The molecule has 0 aromatic carbocycles. The summed E-state index contributed by atoms with van der Waals surface area (Å²) in [6.45, 7) is 7.68. The van der Waals surface area contributed by atoms with E-state index in [-0.39, 0.29) is 17.6 Å². The highest BCUT2D eigenvalue weighted by Crippen LogP contribution is 2.15. The predicted octanol–water partition coefficient (Wildman–Crippen LogP) is 2.51. The molecule has 0 unspecified atom stereocenters. The van der Waals surface area contributed by atoms with Gasteiger partial charge in [0.1, 0.15) is 0 Å². The molecule has 1 aliphatic heterocycles. The first-order chi connectivity index (χ1) is 10.2. The van der Waals surface area contributed by atoms with Crippen LogP contribution in [0.15, 0.2) is 17.5 Å². The number of hydrogen-bond acceptors (Lipinski definition) is 4. The van der Waals surface area contributed by atoms with E-state index in [1.807, 2.05) is 22.4 Å². The summed E-state index contributed by atoms with van der Waals surface area (Å²) in [5, 5.41) is 1.93. The lowest BCUT2D eigenvalue weighted by atomic mass is 10.0. The molecule has 1 fully saturated rings. The van der Waals surface area contributed by atoms with Crippen molar-refractivity contribution in [3.05, 3.63) is 22.4 Å². The maximum Gasteiger partial charge on any atom is 0.225 e. The number of amides is 1. The average molecular weight is 308 g/mol. The van der Waals surface area contributed by atoms with Crippen molar-refractivity contribution in [2.24, 2.45) is 5.92 Å². The number of carbonyl (C=O) groups excluding carboxylic acids is 2. The maximum absolute atomic E-state index is 12.3. The smallest absolute Gasteiger partial charge is 0.225 e. The number of thiophene rings is 1. The van der Waals surface area contributed by atoms with Crippen molar-refractivity contribution < 1.29 is 9.59 Å². The molecule has 0 bridgehead atoms. The molecule has 0 N–H and O–H groups in total. The molecule has 4 nitrogen and oxygen atoms in total. The second-order valence-corrected chi connectivity index (χ2v) is 6.46. The van der Waals surface area contributed by atoms with Crippen molar-refractivity contribution in [3.63, 3.8) is 0 Å². The first kappa shape index (κ1) is 16.2. The molecule has 1 aromatic rings. The predicted molar refractivity (Wildman–Crippen MR) is 85.7 cm³/mol. The highest BCUT2D eigenvalue weighted by molar-refractivity contribution is 7.12. The van der Waals surface area contributed by atoms with Crippen LogP contribution in [0.1, 0.15) is 36.4 Å². The summed E-state index contributed by atoms with van der Waals surface area (Å²) in [6, 6.07) is 3.78. The lowest BCUT2D eigenvalue weighted by Crippen LogP contribution is -2.51. The second-order valence-electron chi connectivity index (χ2n) is 5.52. The third kappa shape index (κ3) is 4.14. The highest BCUT2D eigenvalue weighted by Gasteiger charge is 2.26. The first-order valence-corrected chi connectivity index (χ1v) is 8.61. The summed E-state index contributed by atoms with van der Waals surface area (Å²) in [7, 11) is 0. The van der Waals surface area contributed by atoms with Crippen LogP contribution in [0.4, 0.5) is 0 Å². The van der Waals surface area contributed by atoms with Gasteiger partial charge in [0.2, 0.25) is 5.91 Å². The number of piperazine rings is 1. The lowest BCUT2D eigenvalue weighted by Gasteiger charge is -2.35. The van der Waals surface area contributed by atoms with Gasteiger partial charge >= 0.3 is 0 Å². The Hall–Kier alpha value is -1.20. The van der Waals surface area contributed by atoms with Crippen LogP contribution in [0.25, 0.3) is 0 Å². The number of Topliss-reactive ketones (excluding diaryl/α,β-unsaturated/α-hetero) is 1. The summed E-state index contributed by atoms with van der Waals surface area (Å²) in [5.74, 6) is 0.623. The average Bonchev–Trinajstić information content (AvgIpc) is 3.03. The summed E-state index contributed by atoms with van der Waals surface area (Å²) < 4.78 is 0. The van der Waals surface area contributed by atoms with E-state index in [9.17, 15) is 9.59 Å². The fourth-order valence-corrected chi connectivity index (χ4v) is 3.40. The zero-order chi connectivity index (χ0) is 15.2. The van der Waals surface area contributed by atoms with Gasteiger partial charge in [0.15, 0.2) is 5.78 Å². The van der Waals surface area contributed by atoms with E-state index in [2.05, 4.69) is 18.7 Å². The van der Waals surface area contributed by atoms with E-state index < -0.39 is 0 Å². The van der Waals surface area contributed by atoms with Crippen molar-refractivity contribution in [1.82, 2.24) is 9.80 Å². The topological polar surface area (TPSA) is 40.6 Å². The molecule has 0 radical (unpaired) electrons. The number of hydrogen-bond donors (Lipinski definition) is 0. The summed E-state index contributed by atoms with van der Waals surface area (Å²) in [6.07, 6.45) is 1.82. The third-order valence-corrected chi connectivity index (χ3v) is 5.09. The van der Waals surface area contributed by atoms with Gasteiger partial charge in [0.25, 0.3) is 0 Å². The number of rotatable bonds is 6. The molecule has 1 aromatic heterocycles. The molecule has 21 heavy (non-hydrogen) atoms. The maximum atomic E-state index is 12.3. The van der Waals surface area contributed by atoms with Crippen LogP contribution in [0.2, 0.25) is 0 Å². The van der Waals surface area contributed by atoms with Gasteiger partial charge in [-0.3, -0.25) is 14.5 Å². The Bertz CT molecular complexity index is 461. The molecule has 5 heteroatoms. The van der Waals surface area contributed by atoms with Crippen LogP contribution >= 0.6 is 11.3 Å². The molecular weight excluding hydrogens is 284 g/mol. The Labute approximate surface area is 130 Å². The summed E-state index contributed by atoms with van der Waals surface area (Å²) >= 11 is 1.49. The van der Waals surface area contributed by atoms with E-state index in [0.717, 1.165) is 43.9 Å². The largest absolute Gasteiger partial charge is 0.340 e. The molecule has 2 rings (SSSR count). The SMILES string of the molecule is CCC(CC)C(=O)N1CCN(CC(=O)c2cccs2)CC1. The molecule has 1 amide bonds. The number of ketones is 1. The van der Waals surface area contributed by atoms with Crippen LogP contribution in [0, 0.1) is 5.92 Å². The molecule has 0 aliphatic carbocycles. The molecule has 1 saturated heterocycles. The lowest BCUT2D eigenvalue weighted by molar-refractivity contribution is -0.137. The minimum atomic E-state index is 0.157. The normalized spacial score (nSPS) is 16.4. The fraction of sp³-hybridized carbons (Fsp3) is 0.625. The zero-order valence-electron chi connectivity index (χ0n) is 12.9. The van der Waals surface area contributed by atoms with Crippen molar-refractivity contribution in [2.75, 3.05) is 32.7 Å². The zero-order valence-corrected chi connectivity index (χ0v) is 13.7. The number of carbonyl (C=O) groups is 2. The van der Waals surface area contributed by atoms with E-state index in [0.29, 0.717) is 6.54 Å². The molecule has 0 spiro atoms. The van der Waals surface area contributed by atoms with Gasteiger partial charge in [0, 0.05) is 32.1 Å². The quantitative estimate of drug-likeness (QED) is 0.758. The molecule has 116 valence electrons. The van der Waals surface area contributed by atoms with Crippen LogP contribution in [0.3, 0.4) is 0 Å². The van der Waals surface area contributed by atoms with Gasteiger partial charge in [-0.15, -0.1) is 11.3 Å². The molecule has 0 atom stereocenters. The standard InChI is InChI=1S/C16H24N2O2S/c1-3-13(4-2)16(20)18-9-7-17(8-10-18)12-14(19)15-6-5-11-21-15/h5-6,11,13H,3-4,7-10,12H2,1-2H3. The monoisotopic (exact) mass is 308 g/mol. The van der Waals surface area contributed by atoms with Crippen molar-refractivity contribution in [2.45, 2.75) is 26.7 Å². The van der Waals surface area contributed by atoms with Crippen LogP contribution in [-0.2, 0) is 4.79 Å². The van der Waals surface area contributed by atoms with Crippen molar-refractivity contribution >= 4 is 23.0 Å². The van der Waals surface area contributed by atoms with Gasteiger partial charge in [-0.05, 0) is 24.3 Å². The Morgan fingerprint density at radius 1 is 1.19 bits per heavy atom. The van der Waals surface area contributed by atoms with Gasteiger partial charge in [-0.25, -0.2) is 0 Å². The van der Waals surface area contributed by atoms with Gasteiger partial charge < -0.3 is 4.90 Å². The Morgan fingerprint density at radius 3 is 2.38 bits per heavy atom. The molecular formula is C16H24N2O2S. The van der Waals surface area contributed by atoms with E-state index in [1.54, 1.807) is 0 Å². The second kappa shape index (κ2) is 7.71. The molecule has 2 heterocycles. The summed E-state index contributed by atoms with van der Waals surface area (Å²) in [4.78, 5) is 29.3. The highest BCUT2D eigenvalue weighted by atomic mass is 32.1. The van der Waals surface area contributed by atoms with E-state index in [4.69, 9.17) is 0 Å². The van der Waals surface area contributed by atoms with Gasteiger partial charge in [-0.1, -0.05) is 19.9 Å². The minimum absolute atomic E-state index is 0.157. The Balaban J connectivity index is 1.80. The van der Waals surface area contributed by atoms with E-state index in [1.165, 1.54) is 11.3 Å². The van der Waals surface area contributed by atoms with Crippen LogP contribution < -0.4 is 0 Å². The van der Waals surface area contributed by atoms with Gasteiger partial charge in [-0.2, -0.15) is 0 Å². The minimum Gasteiger partial charge on any atom is -0.340 e. The van der Waals surface area contributed by atoms with Crippen molar-refractivity contribution in [1.29, 1.82) is 0 Å². The fourth-order valence-electron chi connectivity index (χ4n) is 2.74. The van der Waals surface area contributed by atoms with Crippen molar-refractivity contribution in [3.8, 4) is 0 Å². The van der Waals surface area contributed by atoms with Crippen LogP contribution in [-0.4, -0.2) is 54.2 Å². The number of nitrogens with zero attached hydrogens (tertiary/aromatic N) is 2. The first-order valence-electron chi connectivity index (χ1n) is 7.73. The Morgan fingerprint density at radius 2 is 1.86 bits per heavy atom. The molecule has 1 aliphatic rings. The Kier molecular flexibility index (Phi) is 5.94. The van der Waals surface area contributed by atoms with E-state index >= 15 is 0 Å².